The van der Waals surface area contributed by atoms with Gasteiger partial charge in [-0.25, -0.2) is 0 Å². The lowest BCUT2D eigenvalue weighted by atomic mass is 10.1. The van der Waals surface area contributed by atoms with Crippen LogP contribution in [0.5, 0.6) is 5.75 Å². The van der Waals surface area contributed by atoms with Crippen LogP contribution in [0.3, 0.4) is 0 Å². The van der Waals surface area contributed by atoms with E-state index in [2.05, 4.69) is 5.16 Å². The second-order valence-corrected chi connectivity index (χ2v) is 4.16. The van der Waals surface area contributed by atoms with Crippen molar-refractivity contribution >= 4 is 5.71 Å². The van der Waals surface area contributed by atoms with Gasteiger partial charge in [0, 0.05) is 0 Å². The molecular formula is C16H17NO2. The van der Waals surface area contributed by atoms with Gasteiger partial charge in [0.05, 0.1) is 12.8 Å². The van der Waals surface area contributed by atoms with Gasteiger partial charge in [-0.1, -0.05) is 35.5 Å². The third-order valence-electron chi connectivity index (χ3n) is 2.78. The van der Waals surface area contributed by atoms with E-state index < -0.39 is 0 Å². The van der Waals surface area contributed by atoms with Gasteiger partial charge in [0.2, 0.25) is 0 Å². The Morgan fingerprint density at radius 2 is 1.68 bits per heavy atom. The highest BCUT2D eigenvalue weighted by atomic mass is 16.6. The zero-order chi connectivity index (χ0) is 13.5. The molecule has 3 heteroatoms. The van der Waals surface area contributed by atoms with E-state index >= 15 is 0 Å². The van der Waals surface area contributed by atoms with Crippen LogP contribution in [0, 0.1) is 0 Å². The van der Waals surface area contributed by atoms with Crippen molar-refractivity contribution in [3.05, 3.63) is 65.7 Å². The lowest BCUT2D eigenvalue weighted by molar-refractivity contribution is 0.130. The van der Waals surface area contributed by atoms with Crippen molar-refractivity contribution in [2.45, 2.75) is 13.5 Å². The maximum Gasteiger partial charge on any atom is 0.142 e. The molecule has 0 N–H and O–H groups in total. The minimum atomic E-state index is 0.480. The maximum absolute atomic E-state index is 5.35. The number of methoxy groups -OCH3 is 1. The van der Waals surface area contributed by atoms with E-state index in [1.54, 1.807) is 7.11 Å². The summed E-state index contributed by atoms with van der Waals surface area (Å²) in [4.78, 5) is 5.35. The Hall–Kier alpha value is -2.29. The van der Waals surface area contributed by atoms with E-state index in [9.17, 15) is 0 Å². The molecule has 19 heavy (non-hydrogen) atoms. The Morgan fingerprint density at radius 3 is 2.32 bits per heavy atom. The van der Waals surface area contributed by atoms with E-state index in [0.717, 1.165) is 22.6 Å². The van der Waals surface area contributed by atoms with E-state index in [4.69, 9.17) is 9.57 Å². The molecule has 0 atom stereocenters. The summed E-state index contributed by atoms with van der Waals surface area (Å²) in [7, 11) is 1.65. The number of hydrogen-bond donors (Lipinski definition) is 0. The van der Waals surface area contributed by atoms with Crippen molar-refractivity contribution in [3.8, 4) is 5.75 Å². The molecule has 98 valence electrons. The van der Waals surface area contributed by atoms with Gasteiger partial charge >= 0.3 is 0 Å². The minimum absolute atomic E-state index is 0.480. The molecule has 2 aromatic carbocycles. The molecule has 0 amide bonds. The van der Waals surface area contributed by atoms with Crippen molar-refractivity contribution in [1.82, 2.24) is 0 Å². The van der Waals surface area contributed by atoms with Gasteiger partial charge in [-0.3, -0.25) is 0 Å². The molecule has 0 heterocycles. The number of hydrogen-bond acceptors (Lipinski definition) is 3. The average Bonchev–Trinajstić information content (AvgIpc) is 2.48. The fourth-order valence-electron chi connectivity index (χ4n) is 1.66. The largest absolute Gasteiger partial charge is 0.497 e. The summed E-state index contributed by atoms with van der Waals surface area (Å²) in [6, 6.07) is 17.7. The Morgan fingerprint density at radius 1 is 1.00 bits per heavy atom. The first-order valence-electron chi connectivity index (χ1n) is 6.14. The summed E-state index contributed by atoms with van der Waals surface area (Å²) < 4.78 is 5.12. The third-order valence-corrected chi connectivity index (χ3v) is 2.78. The molecule has 0 saturated heterocycles. The molecule has 3 nitrogen and oxygen atoms in total. The summed E-state index contributed by atoms with van der Waals surface area (Å²) in [5.41, 5.74) is 2.97. The van der Waals surface area contributed by atoms with Crippen LogP contribution in [0.1, 0.15) is 18.1 Å². The summed E-state index contributed by atoms with van der Waals surface area (Å²) in [6.45, 7) is 2.40. The number of ether oxygens (including phenoxy) is 1. The zero-order valence-corrected chi connectivity index (χ0v) is 11.2. The summed E-state index contributed by atoms with van der Waals surface area (Å²) in [6.07, 6.45) is 0. The monoisotopic (exact) mass is 255 g/mol. The molecule has 0 unspecified atom stereocenters. The highest BCUT2D eigenvalue weighted by Crippen LogP contribution is 2.12. The molecule has 0 aliphatic heterocycles. The molecule has 0 bridgehead atoms. The van der Waals surface area contributed by atoms with Crippen molar-refractivity contribution in [2.75, 3.05) is 7.11 Å². The second-order valence-electron chi connectivity index (χ2n) is 4.16. The van der Waals surface area contributed by atoms with Crippen LogP contribution >= 0.6 is 0 Å². The van der Waals surface area contributed by atoms with Gasteiger partial charge in [0.25, 0.3) is 0 Å². The smallest absolute Gasteiger partial charge is 0.142 e. The quantitative estimate of drug-likeness (QED) is 0.603. The van der Waals surface area contributed by atoms with Gasteiger partial charge in [-0.2, -0.15) is 0 Å². The van der Waals surface area contributed by atoms with Crippen molar-refractivity contribution in [1.29, 1.82) is 0 Å². The molecule has 0 spiro atoms. The van der Waals surface area contributed by atoms with Crippen LogP contribution in [-0.4, -0.2) is 12.8 Å². The fraction of sp³-hybridized carbons (Fsp3) is 0.188. The summed E-state index contributed by atoms with van der Waals surface area (Å²) in [5, 5.41) is 4.12. The van der Waals surface area contributed by atoms with Gasteiger partial charge in [-0.15, -0.1) is 0 Å². The number of benzene rings is 2. The predicted octanol–water partition coefficient (Wildman–Crippen LogP) is 3.64. The third kappa shape index (κ3) is 3.85. The van der Waals surface area contributed by atoms with E-state index in [1.165, 1.54) is 0 Å². The predicted molar refractivity (Wildman–Crippen MR) is 76.4 cm³/mol. The van der Waals surface area contributed by atoms with Crippen LogP contribution in [0.25, 0.3) is 0 Å². The molecule has 0 aliphatic rings. The average molecular weight is 255 g/mol. The Balaban J connectivity index is 1.94. The van der Waals surface area contributed by atoms with Crippen LogP contribution in [0.4, 0.5) is 0 Å². The molecule has 2 rings (SSSR count). The highest BCUT2D eigenvalue weighted by molar-refractivity contribution is 5.98. The molecule has 0 radical (unpaired) electrons. The van der Waals surface area contributed by atoms with Crippen molar-refractivity contribution < 1.29 is 9.57 Å². The summed E-state index contributed by atoms with van der Waals surface area (Å²) >= 11 is 0. The topological polar surface area (TPSA) is 30.8 Å². The minimum Gasteiger partial charge on any atom is -0.497 e. The lowest BCUT2D eigenvalue weighted by Gasteiger charge is -2.04. The standard InChI is InChI=1S/C16H17NO2/c1-13(15-8-10-16(18-2)11-9-15)17-19-12-14-6-4-3-5-7-14/h3-11H,12H2,1-2H3/b17-13-. The second kappa shape index (κ2) is 6.59. The van der Waals surface area contributed by atoms with Crippen molar-refractivity contribution in [3.63, 3.8) is 0 Å². The Bertz CT molecular complexity index is 532. The Labute approximate surface area is 113 Å². The number of rotatable bonds is 5. The number of nitrogens with zero attached hydrogens (tertiary/aromatic N) is 1. The van der Waals surface area contributed by atoms with Crippen LogP contribution in [-0.2, 0) is 11.4 Å². The van der Waals surface area contributed by atoms with Gasteiger partial charge in [-0.05, 0) is 42.3 Å². The molecular weight excluding hydrogens is 238 g/mol. The van der Waals surface area contributed by atoms with Crippen molar-refractivity contribution in [2.24, 2.45) is 5.16 Å². The van der Waals surface area contributed by atoms with Gasteiger partial charge < -0.3 is 9.57 Å². The van der Waals surface area contributed by atoms with Crippen LogP contribution in [0.15, 0.2) is 59.8 Å². The van der Waals surface area contributed by atoms with E-state index in [0.29, 0.717) is 6.61 Å². The van der Waals surface area contributed by atoms with Crippen LogP contribution in [0.2, 0.25) is 0 Å². The Kier molecular flexibility index (Phi) is 4.56. The SMILES string of the molecule is COc1ccc(/C(C)=N\OCc2ccccc2)cc1. The van der Waals surface area contributed by atoms with E-state index in [1.807, 2.05) is 61.5 Å². The lowest BCUT2D eigenvalue weighted by Crippen LogP contribution is -1.97. The van der Waals surface area contributed by atoms with Gasteiger partial charge in [0.15, 0.2) is 0 Å². The molecule has 0 saturated carbocycles. The molecule has 0 fully saturated rings. The molecule has 2 aromatic rings. The normalized spacial score (nSPS) is 11.2. The van der Waals surface area contributed by atoms with Gasteiger partial charge in [0.1, 0.15) is 12.4 Å². The first kappa shape index (κ1) is 13.1. The number of oxime groups is 1. The molecule has 0 aliphatic carbocycles. The van der Waals surface area contributed by atoms with E-state index in [-0.39, 0.29) is 0 Å². The maximum atomic E-state index is 5.35. The highest BCUT2D eigenvalue weighted by Gasteiger charge is 1.99. The fourth-order valence-corrected chi connectivity index (χ4v) is 1.66. The zero-order valence-electron chi connectivity index (χ0n) is 11.2. The molecule has 0 aromatic heterocycles. The first-order valence-corrected chi connectivity index (χ1v) is 6.14. The van der Waals surface area contributed by atoms with Crippen LogP contribution < -0.4 is 4.74 Å². The first-order chi connectivity index (χ1) is 9.29. The summed E-state index contributed by atoms with van der Waals surface area (Å²) in [5.74, 6) is 0.835.